The number of rotatable bonds is 6. The third-order valence-corrected chi connectivity index (χ3v) is 4.54. The van der Waals surface area contributed by atoms with Crippen molar-refractivity contribution in [3.05, 3.63) is 35.4 Å². The summed E-state index contributed by atoms with van der Waals surface area (Å²) < 4.78 is 44.8. The lowest BCUT2D eigenvalue weighted by molar-refractivity contribution is -0.148. The van der Waals surface area contributed by atoms with Crippen LogP contribution in [-0.2, 0) is 20.5 Å². The van der Waals surface area contributed by atoms with Crippen LogP contribution in [0.4, 0.5) is 13.2 Å². The van der Waals surface area contributed by atoms with Crippen molar-refractivity contribution < 1.29 is 32.6 Å². The van der Waals surface area contributed by atoms with Gasteiger partial charge in [0.25, 0.3) is 0 Å². The van der Waals surface area contributed by atoms with Crippen LogP contribution in [0.25, 0.3) is 0 Å². The van der Waals surface area contributed by atoms with Crippen molar-refractivity contribution in [3.63, 3.8) is 0 Å². The summed E-state index contributed by atoms with van der Waals surface area (Å²) in [6.07, 6.45) is -3.65. The van der Waals surface area contributed by atoms with E-state index in [4.69, 9.17) is 9.84 Å². The monoisotopic (exact) mass is 373 g/mol. The van der Waals surface area contributed by atoms with E-state index in [0.29, 0.717) is 26.1 Å². The second kappa shape index (κ2) is 8.53. The van der Waals surface area contributed by atoms with Crippen LogP contribution >= 0.6 is 0 Å². The van der Waals surface area contributed by atoms with Crippen molar-refractivity contribution in [1.29, 1.82) is 0 Å². The van der Waals surface area contributed by atoms with Gasteiger partial charge in [0.2, 0.25) is 5.91 Å². The van der Waals surface area contributed by atoms with Gasteiger partial charge < -0.3 is 14.7 Å². The molecule has 1 fully saturated rings. The lowest BCUT2D eigenvalue weighted by Crippen LogP contribution is -2.46. The number of nitrogens with zero attached hydrogens (tertiary/aromatic N) is 1. The molecule has 0 radical (unpaired) electrons. The number of carbonyl (C=O) groups excluding carboxylic acids is 1. The molecule has 8 heteroatoms. The SMILES string of the molecule is C[C@@H](CC(=O)N(CC(=O)O)C1CCOCC1)c1ccccc1C(F)(F)F. The van der Waals surface area contributed by atoms with Gasteiger partial charge in [-0.3, -0.25) is 9.59 Å². The van der Waals surface area contributed by atoms with Crippen molar-refractivity contribution in [1.82, 2.24) is 4.90 Å². The number of halogens is 3. The molecule has 5 nitrogen and oxygen atoms in total. The maximum atomic E-state index is 13.2. The first-order valence-electron chi connectivity index (χ1n) is 8.45. The van der Waals surface area contributed by atoms with Crippen LogP contribution < -0.4 is 0 Å². The molecular formula is C18H22F3NO4. The molecule has 0 saturated carbocycles. The molecule has 1 aliphatic rings. The van der Waals surface area contributed by atoms with E-state index in [1.807, 2.05) is 0 Å². The third kappa shape index (κ3) is 5.20. The second-order valence-electron chi connectivity index (χ2n) is 6.45. The number of carboxylic acids is 1. The van der Waals surface area contributed by atoms with Crippen LogP contribution in [0.1, 0.15) is 43.2 Å². The van der Waals surface area contributed by atoms with Crippen LogP contribution in [0.3, 0.4) is 0 Å². The summed E-state index contributed by atoms with van der Waals surface area (Å²) in [6, 6.07) is 4.89. The maximum absolute atomic E-state index is 13.2. The van der Waals surface area contributed by atoms with E-state index in [1.165, 1.54) is 23.1 Å². The summed E-state index contributed by atoms with van der Waals surface area (Å²) >= 11 is 0. The van der Waals surface area contributed by atoms with Crippen LogP contribution in [0.5, 0.6) is 0 Å². The standard InChI is InChI=1S/C18H22F3NO4/c1-12(14-4-2-3-5-15(14)18(19,20)21)10-16(23)22(11-17(24)25)13-6-8-26-9-7-13/h2-5,12-13H,6-11H2,1H3,(H,24,25)/t12-/m0/s1. The fraction of sp³-hybridized carbons (Fsp3) is 0.556. The molecule has 2 rings (SSSR count). The number of amides is 1. The summed E-state index contributed by atoms with van der Waals surface area (Å²) in [5.41, 5.74) is -0.730. The molecule has 144 valence electrons. The fourth-order valence-electron chi connectivity index (χ4n) is 3.24. The van der Waals surface area contributed by atoms with Gasteiger partial charge in [-0.2, -0.15) is 13.2 Å². The Morgan fingerprint density at radius 3 is 2.46 bits per heavy atom. The van der Waals surface area contributed by atoms with E-state index < -0.39 is 36.1 Å². The lowest BCUT2D eigenvalue weighted by Gasteiger charge is -2.34. The van der Waals surface area contributed by atoms with Crippen molar-refractivity contribution in [2.45, 2.75) is 44.3 Å². The zero-order valence-corrected chi connectivity index (χ0v) is 14.5. The van der Waals surface area contributed by atoms with Gasteiger partial charge in [-0.25, -0.2) is 0 Å². The summed E-state index contributed by atoms with van der Waals surface area (Å²) in [6.45, 7) is 1.95. The summed E-state index contributed by atoms with van der Waals surface area (Å²) in [5, 5.41) is 9.09. The Balaban J connectivity index is 2.16. The molecule has 1 aromatic carbocycles. The first kappa shape index (κ1) is 20.2. The normalized spacial score (nSPS) is 16.9. The van der Waals surface area contributed by atoms with Crippen LogP contribution in [-0.4, -0.2) is 47.7 Å². The molecule has 1 atom stereocenters. The third-order valence-electron chi connectivity index (χ3n) is 4.54. The number of alkyl halides is 3. The van der Waals surface area contributed by atoms with Crippen LogP contribution in [0.2, 0.25) is 0 Å². The number of carbonyl (C=O) groups is 2. The molecule has 1 aliphatic heterocycles. The molecule has 0 aliphatic carbocycles. The van der Waals surface area contributed by atoms with Gasteiger partial charge >= 0.3 is 12.1 Å². The Morgan fingerprint density at radius 1 is 1.27 bits per heavy atom. The highest BCUT2D eigenvalue weighted by atomic mass is 19.4. The minimum absolute atomic E-state index is 0.0376. The molecule has 0 bridgehead atoms. The Morgan fingerprint density at radius 2 is 1.88 bits per heavy atom. The number of benzene rings is 1. The average molecular weight is 373 g/mol. The number of carboxylic acid groups (broad SMARTS) is 1. The predicted molar refractivity (Wildman–Crippen MR) is 87.7 cm³/mol. The number of hydrogen-bond donors (Lipinski definition) is 1. The maximum Gasteiger partial charge on any atom is 0.416 e. The highest BCUT2D eigenvalue weighted by Gasteiger charge is 2.35. The quantitative estimate of drug-likeness (QED) is 0.831. The van der Waals surface area contributed by atoms with E-state index in [9.17, 15) is 22.8 Å². The molecular weight excluding hydrogens is 351 g/mol. The van der Waals surface area contributed by atoms with Crippen molar-refractivity contribution in [2.75, 3.05) is 19.8 Å². The zero-order chi connectivity index (χ0) is 19.3. The lowest BCUT2D eigenvalue weighted by atomic mass is 9.92. The zero-order valence-electron chi connectivity index (χ0n) is 14.5. The van der Waals surface area contributed by atoms with Crippen molar-refractivity contribution in [3.8, 4) is 0 Å². The molecule has 1 amide bonds. The molecule has 1 heterocycles. The Bertz CT molecular complexity index is 642. The molecule has 1 saturated heterocycles. The van der Waals surface area contributed by atoms with Crippen LogP contribution in [0.15, 0.2) is 24.3 Å². The summed E-state index contributed by atoms with van der Waals surface area (Å²) in [7, 11) is 0. The number of aliphatic carboxylic acids is 1. The highest BCUT2D eigenvalue weighted by molar-refractivity contribution is 5.82. The van der Waals surface area contributed by atoms with E-state index >= 15 is 0 Å². The molecule has 0 spiro atoms. The highest BCUT2D eigenvalue weighted by Crippen LogP contribution is 2.36. The van der Waals surface area contributed by atoms with Gasteiger partial charge in [-0.05, 0) is 30.4 Å². The predicted octanol–water partition coefficient (Wildman–Crippen LogP) is 3.29. The van der Waals surface area contributed by atoms with E-state index in [2.05, 4.69) is 0 Å². The van der Waals surface area contributed by atoms with Gasteiger partial charge in [0.05, 0.1) is 5.56 Å². The van der Waals surface area contributed by atoms with E-state index in [1.54, 1.807) is 6.92 Å². The average Bonchev–Trinajstić information content (AvgIpc) is 2.59. The van der Waals surface area contributed by atoms with Gasteiger partial charge in [0.1, 0.15) is 6.54 Å². The van der Waals surface area contributed by atoms with Gasteiger partial charge in [-0.1, -0.05) is 25.1 Å². The Hall–Kier alpha value is -2.09. The number of hydrogen-bond acceptors (Lipinski definition) is 3. The molecule has 0 unspecified atom stereocenters. The minimum atomic E-state index is -4.50. The summed E-state index contributed by atoms with van der Waals surface area (Å²) in [4.78, 5) is 25.0. The van der Waals surface area contributed by atoms with Gasteiger partial charge in [0.15, 0.2) is 0 Å². The fourth-order valence-corrected chi connectivity index (χ4v) is 3.24. The largest absolute Gasteiger partial charge is 0.480 e. The van der Waals surface area contributed by atoms with Crippen LogP contribution in [0, 0.1) is 0 Å². The topological polar surface area (TPSA) is 66.8 Å². The Labute approximate surface area is 149 Å². The molecule has 26 heavy (non-hydrogen) atoms. The number of ether oxygens (including phenoxy) is 1. The Kier molecular flexibility index (Phi) is 6.63. The molecule has 1 N–H and O–H groups in total. The van der Waals surface area contributed by atoms with Crippen molar-refractivity contribution >= 4 is 11.9 Å². The van der Waals surface area contributed by atoms with Gasteiger partial charge in [-0.15, -0.1) is 0 Å². The first-order valence-corrected chi connectivity index (χ1v) is 8.45. The smallest absolute Gasteiger partial charge is 0.416 e. The van der Waals surface area contributed by atoms with E-state index in [-0.39, 0.29) is 18.0 Å². The summed E-state index contributed by atoms with van der Waals surface area (Å²) in [5.74, 6) is -2.28. The molecule has 1 aromatic rings. The van der Waals surface area contributed by atoms with E-state index in [0.717, 1.165) is 6.07 Å². The van der Waals surface area contributed by atoms with Crippen molar-refractivity contribution in [2.24, 2.45) is 0 Å². The minimum Gasteiger partial charge on any atom is -0.480 e. The second-order valence-corrected chi connectivity index (χ2v) is 6.45. The first-order chi connectivity index (χ1) is 12.2. The molecule has 0 aromatic heterocycles. The van der Waals surface area contributed by atoms with Gasteiger partial charge in [0, 0.05) is 25.7 Å².